The van der Waals surface area contributed by atoms with Crippen LogP contribution in [0.15, 0.2) is 48.5 Å². The van der Waals surface area contributed by atoms with Gasteiger partial charge in [0.05, 0.1) is 6.04 Å². The van der Waals surface area contributed by atoms with Crippen molar-refractivity contribution in [3.05, 3.63) is 59.8 Å². The molecule has 0 unspecified atom stereocenters. The number of rotatable bonds is 5. The third-order valence-corrected chi connectivity index (χ3v) is 3.99. The molecule has 1 aromatic carbocycles. The molecule has 1 heterocycles. The summed E-state index contributed by atoms with van der Waals surface area (Å²) in [5, 5.41) is 8.23. The number of urea groups is 1. The fraction of sp³-hybridized carbons (Fsp3) is 0.278. The van der Waals surface area contributed by atoms with E-state index in [2.05, 4.69) is 20.9 Å². The van der Waals surface area contributed by atoms with Gasteiger partial charge >= 0.3 is 6.03 Å². The summed E-state index contributed by atoms with van der Waals surface area (Å²) in [5.74, 6) is 0.527. The van der Waals surface area contributed by atoms with E-state index < -0.39 is 0 Å². The summed E-state index contributed by atoms with van der Waals surface area (Å²) in [6.07, 6.45) is 2.23. The van der Waals surface area contributed by atoms with Crippen molar-refractivity contribution in [1.82, 2.24) is 15.6 Å². The van der Waals surface area contributed by atoms with E-state index in [1.54, 1.807) is 18.2 Å². The normalized spacial score (nSPS) is 14.5. The Labute approximate surface area is 140 Å². The van der Waals surface area contributed by atoms with E-state index in [4.69, 9.17) is 0 Å². The predicted octanol–water partition coefficient (Wildman–Crippen LogP) is 2.71. The first-order valence-corrected chi connectivity index (χ1v) is 7.99. The Bertz CT molecular complexity index is 729. The number of hydrogen-bond donors (Lipinski definition) is 3. The summed E-state index contributed by atoms with van der Waals surface area (Å²) in [5.41, 5.74) is 1.36. The van der Waals surface area contributed by atoms with Gasteiger partial charge in [0.2, 0.25) is 0 Å². The lowest BCUT2D eigenvalue weighted by molar-refractivity contribution is 0.0958. The maximum Gasteiger partial charge on any atom is 0.320 e. The number of aromatic nitrogens is 1. The van der Waals surface area contributed by atoms with E-state index in [0.717, 1.165) is 18.4 Å². The van der Waals surface area contributed by atoms with E-state index in [9.17, 15) is 9.59 Å². The van der Waals surface area contributed by atoms with E-state index >= 15 is 0 Å². The molecular weight excluding hydrogens is 304 g/mol. The predicted molar refractivity (Wildman–Crippen MR) is 91.7 cm³/mol. The first-order valence-electron chi connectivity index (χ1n) is 7.99. The smallest absolute Gasteiger partial charge is 0.320 e. The minimum Gasteiger partial charge on any atom is -0.354 e. The second-order valence-corrected chi connectivity index (χ2v) is 5.81. The van der Waals surface area contributed by atoms with Gasteiger partial charge in [0.1, 0.15) is 11.5 Å². The maximum atomic E-state index is 12.3. The van der Waals surface area contributed by atoms with Gasteiger partial charge < -0.3 is 10.6 Å². The van der Waals surface area contributed by atoms with Crippen LogP contribution in [0.1, 0.15) is 34.9 Å². The summed E-state index contributed by atoms with van der Waals surface area (Å²) in [6, 6.07) is 14.5. The number of nitrogens with one attached hydrogen (secondary N) is 3. The Morgan fingerprint density at radius 3 is 2.50 bits per heavy atom. The SMILES string of the molecule is CNC(=O)c1cccc(NC(=O)N[C@@H](c2ccccc2)C2CC2)n1. The van der Waals surface area contributed by atoms with Crippen molar-refractivity contribution < 1.29 is 9.59 Å². The van der Waals surface area contributed by atoms with Crippen LogP contribution in [-0.2, 0) is 0 Å². The average molecular weight is 324 g/mol. The van der Waals surface area contributed by atoms with Crippen LogP contribution < -0.4 is 16.0 Å². The Kier molecular flexibility index (Phi) is 4.74. The Morgan fingerprint density at radius 2 is 1.83 bits per heavy atom. The number of nitrogens with zero attached hydrogens (tertiary/aromatic N) is 1. The fourth-order valence-electron chi connectivity index (χ4n) is 2.62. The highest BCUT2D eigenvalue weighted by atomic mass is 16.2. The van der Waals surface area contributed by atoms with Crippen LogP contribution in [0.3, 0.4) is 0 Å². The van der Waals surface area contributed by atoms with Crippen LogP contribution in [0.4, 0.5) is 10.6 Å². The lowest BCUT2D eigenvalue weighted by Gasteiger charge is -2.19. The van der Waals surface area contributed by atoms with Crippen LogP contribution in [0.2, 0.25) is 0 Å². The van der Waals surface area contributed by atoms with Crippen LogP contribution in [0.25, 0.3) is 0 Å². The van der Waals surface area contributed by atoms with Crippen molar-refractivity contribution in [2.45, 2.75) is 18.9 Å². The van der Waals surface area contributed by atoms with Gasteiger partial charge in [-0.05, 0) is 36.5 Å². The molecule has 3 N–H and O–H groups in total. The molecular formula is C18H20N4O2. The summed E-state index contributed by atoms with van der Waals surface area (Å²) >= 11 is 0. The number of carbonyl (C=O) groups is 2. The fourth-order valence-corrected chi connectivity index (χ4v) is 2.62. The lowest BCUT2D eigenvalue weighted by Crippen LogP contribution is -2.34. The van der Waals surface area contributed by atoms with Crippen molar-refractivity contribution in [3.8, 4) is 0 Å². The molecule has 3 amide bonds. The first-order chi connectivity index (χ1) is 11.7. The highest BCUT2D eigenvalue weighted by molar-refractivity contribution is 5.93. The number of hydrogen-bond acceptors (Lipinski definition) is 3. The van der Waals surface area contributed by atoms with E-state index in [-0.39, 0.29) is 23.7 Å². The largest absolute Gasteiger partial charge is 0.354 e. The Balaban J connectivity index is 1.67. The van der Waals surface area contributed by atoms with Crippen LogP contribution in [-0.4, -0.2) is 24.0 Å². The average Bonchev–Trinajstić information content (AvgIpc) is 3.45. The second kappa shape index (κ2) is 7.12. The molecule has 1 aromatic heterocycles. The van der Waals surface area contributed by atoms with Gasteiger partial charge in [-0.15, -0.1) is 0 Å². The highest BCUT2D eigenvalue weighted by Gasteiger charge is 2.33. The minimum absolute atomic E-state index is 0.00618. The topological polar surface area (TPSA) is 83.1 Å². The van der Waals surface area contributed by atoms with Gasteiger partial charge in [0.15, 0.2) is 0 Å². The van der Waals surface area contributed by atoms with Gasteiger partial charge in [-0.25, -0.2) is 9.78 Å². The molecule has 0 radical (unpaired) electrons. The summed E-state index contributed by atoms with van der Waals surface area (Å²) in [4.78, 5) is 28.1. The standard InChI is InChI=1S/C18H20N4O2/c1-19-17(23)14-8-5-9-15(20-14)21-18(24)22-16(13-10-11-13)12-6-3-2-4-7-12/h2-9,13,16H,10-11H2,1H3,(H,19,23)(H2,20,21,22,24)/t16-/m0/s1. The summed E-state index contributed by atoms with van der Waals surface area (Å²) in [7, 11) is 1.54. The van der Waals surface area contributed by atoms with E-state index in [0.29, 0.717) is 11.7 Å². The third-order valence-electron chi connectivity index (χ3n) is 3.99. The number of benzene rings is 1. The van der Waals surface area contributed by atoms with Gasteiger partial charge in [-0.3, -0.25) is 10.1 Å². The Morgan fingerprint density at radius 1 is 1.08 bits per heavy atom. The summed E-state index contributed by atoms with van der Waals surface area (Å²) in [6.45, 7) is 0. The van der Waals surface area contributed by atoms with Crippen molar-refractivity contribution in [2.75, 3.05) is 12.4 Å². The molecule has 1 saturated carbocycles. The number of carbonyl (C=O) groups excluding carboxylic acids is 2. The molecule has 0 saturated heterocycles. The number of amides is 3. The van der Waals surface area contributed by atoms with Gasteiger partial charge in [-0.1, -0.05) is 36.4 Å². The second-order valence-electron chi connectivity index (χ2n) is 5.81. The zero-order valence-corrected chi connectivity index (χ0v) is 13.5. The molecule has 0 bridgehead atoms. The molecule has 124 valence electrons. The van der Waals surface area contributed by atoms with Crippen molar-refractivity contribution in [2.24, 2.45) is 5.92 Å². The number of anilines is 1. The Hall–Kier alpha value is -2.89. The maximum absolute atomic E-state index is 12.3. The molecule has 2 aromatic rings. The zero-order valence-electron chi connectivity index (χ0n) is 13.5. The van der Waals surface area contributed by atoms with Gasteiger partial charge in [0, 0.05) is 7.05 Å². The monoisotopic (exact) mass is 324 g/mol. The molecule has 0 spiro atoms. The molecule has 0 aliphatic heterocycles. The van der Waals surface area contributed by atoms with Crippen LogP contribution in [0.5, 0.6) is 0 Å². The molecule has 6 heteroatoms. The highest BCUT2D eigenvalue weighted by Crippen LogP contribution is 2.40. The van der Waals surface area contributed by atoms with E-state index in [1.807, 2.05) is 30.3 Å². The van der Waals surface area contributed by atoms with Crippen LogP contribution in [0, 0.1) is 5.92 Å². The quantitative estimate of drug-likeness (QED) is 0.791. The van der Waals surface area contributed by atoms with Gasteiger partial charge in [0.25, 0.3) is 5.91 Å². The van der Waals surface area contributed by atoms with Gasteiger partial charge in [-0.2, -0.15) is 0 Å². The molecule has 6 nitrogen and oxygen atoms in total. The molecule has 1 aliphatic rings. The first kappa shape index (κ1) is 16.0. The van der Waals surface area contributed by atoms with Crippen molar-refractivity contribution in [1.29, 1.82) is 0 Å². The minimum atomic E-state index is -0.322. The van der Waals surface area contributed by atoms with Crippen LogP contribution >= 0.6 is 0 Å². The zero-order chi connectivity index (χ0) is 16.9. The van der Waals surface area contributed by atoms with Crippen molar-refractivity contribution in [3.63, 3.8) is 0 Å². The third kappa shape index (κ3) is 3.90. The summed E-state index contributed by atoms with van der Waals surface area (Å²) < 4.78 is 0. The molecule has 3 rings (SSSR count). The molecule has 1 fully saturated rings. The van der Waals surface area contributed by atoms with Crippen molar-refractivity contribution >= 4 is 17.8 Å². The molecule has 1 atom stereocenters. The lowest BCUT2D eigenvalue weighted by atomic mass is 10.0. The molecule has 1 aliphatic carbocycles. The number of pyridine rings is 1. The van der Waals surface area contributed by atoms with E-state index in [1.165, 1.54) is 7.05 Å². The molecule has 24 heavy (non-hydrogen) atoms.